The quantitative estimate of drug-likeness (QED) is 0.646. The Labute approximate surface area is 111 Å². The second kappa shape index (κ2) is 4.48. The van der Waals surface area contributed by atoms with E-state index in [1.165, 1.54) is 19.4 Å². The van der Waals surface area contributed by atoms with Gasteiger partial charge in [0.15, 0.2) is 0 Å². The minimum absolute atomic E-state index is 0.0335. The van der Waals surface area contributed by atoms with Crippen molar-refractivity contribution in [3.63, 3.8) is 0 Å². The number of rotatable bonds is 2. The van der Waals surface area contributed by atoms with Gasteiger partial charge in [0.1, 0.15) is 5.69 Å². The van der Waals surface area contributed by atoms with E-state index in [9.17, 15) is 10.1 Å². The summed E-state index contributed by atoms with van der Waals surface area (Å²) in [6.07, 6.45) is 4.45. The number of hydrogen-bond acceptors (Lipinski definition) is 5. The third kappa shape index (κ3) is 1.98. The van der Waals surface area contributed by atoms with Gasteiger partial charge in [-0.3, -0.25) is 10.1 Å². The van der Waals surface area contributed by atoms with Crippen molar-refractivity contribution < 1.29 is 4.92 Å². The van der Waals surface area contributed by atoms with Crippen LogP contribution in [-0.2, 0) is 0 Å². The smallest absolute Gasteiger partial charge is 0.333 e. The fraction of sp³-hybridized carbons (Fsp3) is 0.750. The maximum Gasteiger partial charge on any atom is 0.333 e. The third-order valence-corrected chi connectivity index (χ3v) is 4.41. The van der Waals surface area contributed by atoms with Gasteiger partial charge in [0.25, 0.3) is 0 Å². The summed E-state index contributed by atoms with van der Waals surface area (Å²) in [7, 11) is 0. The first-order valence-electron chi connectivity index (χ1n) is 6.81. The van der Waals surface area contributed by atoms with Gasteiger partial charge in [-0.15, -0.1) is 0 Å². The molecule has 3 rings (SSSR count). The van der Waals surface area contributed by atoms with Crippen molar-refractivity contribution >= 4 is 11.5 Å². The average Bonchev–Trinajstić information content (AvgIpc) is 2.92. The highest BCUT2D eigenvalue weighted by Crippen LogP contribution is 2.36. The molecule has 2 saturated heterocycles. The van der Waals surface area contributed by atoms with Gasteiger partial charge in [0, 0.05) is 12.6 Å². The lowest BCUT2D eigenvalue weighted by molar-refractivity contribution is -0.384. The number of nitro groups is 1. The number of aromatic nitrogens is 2. The van der Waals surface area contributed by atoms with Gasteiger partial charge in [-0.05, 0) is 39.2 Å². The first-order chi connectivity index (χ1) is 9.08. The van der Waals surface area contributed by atoms with Gasteiger partial charge < -0.3 is 10.6 Å². The molecule has 104 valence electrons. The number of nitrogens with two attached hydrogens (primary N) is 1. The maximum absolute atomic E-state index is 11.0. The number of piperidine rings is 1. The summed E-state index contributed by atoms with van der Waals surface area (Å²) in [6.45, 7) is 3.88. The van der Waals surface area contributed by atoms with E-state index in [1.807, 2.05) is 0 Å². The molecule has 2 aliphatic rings. The minimum Gasteiger partial charge on any atom is -0.378 e. The largest absolute Gasteiger partial charge is 0.378 e. The predicted molar refractivity (Wildman–Crippen MR) is 70.9 cm³/mol. The summed E-state index contributed by atoms with van der Waals surface area (Å²) in [5.74, 6) is 0.207. The molecule has 0 aromatic carbocycles. The van der Waals surface area contributed by atoms with Crippen molar-refractivity contribution in [3.8, 4) is 0 Å². The zero-order valence-corrected chi connectivity index (χ0v) is 11.1. The zero-order chi connectivity index (χ0) is 13.6. The van der Waals surface area contributed by atoms with Crippen LogP contribution >= 0.6 is 0 Å². The molecule has 0 saturated carbocycles. The zero-order valence-electron chi connectivity index (χ0n) is 11.1. The van der Waals surface area contributed by atoms with Crippen LogP contribution in [0.4, 0.5) is 11.5 Å². The number of anilines is 1. The molecule has 19 heavy (non-hydrogen) atoms. The van der Waals surface area contributed by atoms with Gasteiger partial charge in [-0.2, -0.15) is 5.10 Å². The van der Waals surface area contributed by atoms with Gasteiger partial charge in [-0.1, -0.05) is 0 Å². The highest BCUT2D eigenvalue weighted by Gasteiger charge is 2.35. The topological polar surface area (TPSA) is 90.2 Å². The van der Waals surface area contributed by atoms with Crippen LogP contribution in [0.5, 0.6) is 0 Å². The van der Waals surface area contributed by atoms with E-state index in [2.05, 4.69) is 10.00 Å². The van der Waals surface area contributed by atoms with E-state index >= 15 is 0 Å². The van der Waals surface area contributed by atoms with Crippen molar-refractivity contribution in [2.24, 2.45) is 0 Å². The molecule has 0 radical (unpaired) electrons. The van der Waals surface area contributed by atoms with Crippen LogP contribution in [0.25, 0.3) is 0 Å². The molecule has 1 aromatic heterocycles. The lowest BCUT2D eigenvalue weighted by Gasteiger charge is -2.34. The molecule has 7 heteroatoms. The van der Waals surface area contributed by atoms with E-state index in [-0.39, 0.29) is 17.5 Å². The minimum atomic E-state index is -0.432. The number of hydrogen-bond donors (Lipinski definition) is 1. The molecule has 0 amide bonds. The fourth-order valence-corrected chi connectivity index (χ4v) is 3.49. The number of nitrogen functional groups attached to an aromatic ring is 1. The lowest BCUT2D eigenvalue weighted by Crippen LogP contribution is -2.39. The summed E-state index contributed by atoms with van der Waals surface area (Å²) in [5.41, 5.74) is 6.30. The summed E-state index contributed by atoms with van der Waals surface area (Å²) in [4.78, 5) is 13.1. The summed E-state index contributed by atoms with van der Waals surface area (Å²) in [5, 5.41) is 15.3. The summed E-state index contributed by atoms with van der Waals surface area (Å²) >= 11 is 0. The van der Waals surface area contributed by atoms with Crippen molar-refractivity contribution in [1.29, 1.82) is 0 Å². The Morgan fingerprint density at radius 3 is 2.84 bits per heavy atom. The molecule has 2 fully saturated rings. The monoisotopic (exact) mass is 265 g/mol. The molecular weight excluding hydrogens is 246 g/mol. The second-order valence-electron chi connectivity index (χ2n) is 5.53. The van der Waals surface area contributed by atoms with E-state index in [0.29, 0.717) is 11.7 Å². The van der Waals surface area contributed by atoms with E-state index in [0.717, 1.165) is 19.4 Å². The van der Waals surface area contributed by atoms with Gasteiger partial charge in [0.2, 0.25) is 5.82 Å². The van der Waals surface area contributed by atoms with Crippen LogP contribution < -0.4 is 5.73 Å². The Morgan fingerprint density at radius 1 is 1.37 bits per heavy atom. The lowest BCUT2D eigenvalue weighted by atomic mass is 9.98. The Bertz CT molecular complexity index is 512. The Kier molecular flexibility index (Phi) is 2.93. The van der Waals surface area contributed by atoms with E-state index in [1.54, 1.807) is 11.6 Å². The standard InChI is InChI=1S/C12H19N5O2/c1-8-11(17(18)19)12(13)16(14-8)10-4-6-15-5-2-3-9(15)7-10/h9-10H,2-7,13H2,1H3. The van der Waals surface area contributed by atoms with Crippen LogP contribution in [0.2, 0.25) is 0 Å². The molecule has 0 aliphatic carbocycles. The third-order valence-electron chi connectivity index (χ3n) is 4.41. The van der Waals surface area contributed by atoms with Crippen LogP contribution in [0.1, 0.15) is 37.4 Å². The molecule has 3 heterocycles. The fourth-order valence-electron chi connectivity index (χ4n) is 3.49. The number of nitrogens with zero attached hydrogens (tertiary/aromatic N) is 4. The van der Waals surface area contributed by atoms with Gasteiger partial charge >= 0.3 is 5.69 Å². The van der Waals surface area contributed by atoms with E-state index < -0.39 is 4.92 Å². The van der Waals surface area contributed by atoms with E-state index in [4.69, 9.17) is 5.73 Å². The molecule has 1 aromatic rings. The SMILES string of the molecule is Cc1nn(C2CCN3CCCC3C2)c(N)c1[N+](=O)[O-]. The summed E-state index contributed by atoms with van der Waals surface area (Å²) < 4.78 is 1.68. The van der Waals surface area contributed by atoms with Crippen molar-refractivity contribution in [2.45, 2.75) is 44.7 Å². The molecule has 0 spiro atoms. The molecule has 2 unspecified atom stereocenters. The number of aryl methyl sites for hydroxylation is 1. The predicted octanol–water partition coefficient (Wildman–Crippen LogP) is 1.48. The Hall–Kier alpha value is -1.63. The van der Waals surface area contributed by atoms with Crippen molar-refractivity contribution in [1.82, 2.24) is 14.7 Å². The van der Waals surface area contributed by atoms with Crippen molar-refractivity contribution in [2.75, 3.05) is 18.8 Å². The normalized spacial score (nSPS) is 27.4. The average molecular weight is 265 g/mol. The van der Waals surface area contributed by atoms with Crippen molar-refractivity contribution in [3.05, 3.63) is 15.8 Å². The van der Waals surface area contributed by atoms with Crippen LogP contribution in [0, 0.1) is 17.0 Å². The van der Waals surface area contributed by atoms with Crippen LogP contribution in [0.15, 0.2) is 0 Å². The molecular formula is C12H19N5O2. The highest BCUT2D eigenvalue weighted by molar-refractivity contribution is 5.56. The van der Waals surface area contributed by atoms with Crippen LogP contribution in [-0.4, -0.2) is 38.7 Å². The molecule has 7 nitrogen and oxygen atoms in total. The molecule has 2 aliphatic heterocycles. The second-order valence-corrected chi connectivity index (χ2v) is 5.53. The Balaban J connectivity index is 1.86. The molecule has 2 N–H and O–H groups in total. The van der Waals surface area contributed by atoms with Crippen LogP contribution in [0.3, 0.4) is 0 Å². The summed E-state index contributed by atoms with van der Waals surface area (Å²) in [6, 6.07) is 0.800. The van der Waals surface area contributed by atoms with Gasteiger partial charge in [0.05, 0.1) is 11.0 Å². The number of fused-ring (bicyclic) bond motifs is 1. The first kappa shape index (κ1) is 12.4. The molecule has 2 atom stereocenters. The Morgan fingerprint density at radius 2 is 2.16 bits per heavy atom. The molecule has 0 bridgehead atoms. The highest BCUT2D eigenvalue weighted by atomic mass is 16.6. The van der Waals surface area contributed by atoms with Gasteiger partial charge in [-0.25, -0.2) is 4.68 Å². The maximum atomic E-state index is 11.0. The first-order valence-corrected chi connectivity index (χ1v) is 6.81.